The topological polar surface area (TPSA) is 97.3 Å². The van der Waals surface area contributed by atoms with Gasteiger partial charge in [-0.15, -0.1) is 0 Å². The van der Waals surface area contributed by atoms with E-state index in [4.69, 9.17) is 0 Å². The lowest BCUT2D eigenvalue weighted by atomic mass is 10.2. The summed E-state index contributed by atoms with van der Waals surface area (Å²) in [6.07, 6.45) is 1.10. The third-order valence-electron chi connectivity index (χ3n) is 1.78. The molecule has 0 rings (SSSR count). The summed E-state index contributed by atoms with van der Waals surface area (Å²) in [5.41, 5.74) is 3.40. The zero-order chi connectivity index (χ0) is 12.4. The minimum absolute atomic E-state index is 0. The van der Waals surface area contributed by atoms with E-state index in [0.29, 0.717) is 12.8 Å². The molecule has 100 valence electrons. The summed E-state index contributed by atoms with van der Waals surface area (Å²) in [5.74, 6) is -1.05. The molecule has 0 heterocycles. The maximum atomic E-state index is 11.0. The molecule has 0 aromatic rings. The van der Waals surface area contributed by atoms with Gasteiger partial charge in [0.05, 0.1) is 6.42 Å². The minimum Gasteiger partial charge on any atom is -1.00 e. The summed E-state index contributed by atoms with van der Waals surface area (Å²) >= 11 is 0. The zero-order valence-corrected chi connectivity index (χ0v) is 10.6. The number of ketones is 1. The zero-order valence-electron chi connectivity index (χ0n) is 9.87. The van der Waals surface area contributed by atoms with Crippen LogP contribution in [-0.4, -0.2) is 31.1 Å². The van der Waals surface area contributed by atoms with Crippen LogP contribution in [0.4, 0.5) is 0 Å². The van der Waals surface area contributed by atoms with Crippen molar-refractivity contribution in [3.05, 3.63) is 0 Å². The summed E-state index contributed by atoms with van der Waals surface area (Å²) in [4.78, 5) is 32.7. The molecule has 0 atom stereocenters. The second kappa shape index (κ2) is 11.3. The summed E-state index contributed by atoms with van der Waals surface area (Å²) in [7, 11) is 0. The number of ether oxygens (including phenoxy) is 2. The highest BCUT2D eigenvalue weighted by Gasteiger charge is 2.08. The molecule has 0 bridgehead atoms. The summed E-state index contributed by atoms with van der Waals surface area (Å²) in [6.45, 7) is 1.63. The Bertz CT molecular complexity index is 257. The molecule has 0 unspecified atom stereocenters. The van der Waals surface area contributed by atoms with Crippen molar-refractivity contribution >= 4 is 17.7 Å². The average Bonchev–Trinajstić information content (AvgIpc) is 2.26. The van der Waals surface area contributed by atoms with Gasteiger partial charge in [-0.25, -0.2) is 0 Å². The quantitative estimate of drug-likeness (QED) is 0.362. The Morgan fingerprint density at radius 2 is 1.53 bits per heavy atom. The molecule has 0 aliphatic rings. The van der Waals surface area contributed by atoms with Crippen molar-refractivity contribution in [3.8, 4) is 0 Å². The number of carbonyl (C=O) groups excluding carboxylic acids is 3. The summed E-state index contributed by atoms with van der Waals surface area (Å²) in [6, 6.07) is 0. The molecule has 17 heavy (non-hydrogen) atoms. The van der Waals surface area contributed by atoms with Crippen LogP contribution in [-0.2, 0) is 23.9 Å². The van der Waals surface area contributed by atoms with E-state index in [0.717, 1.165) is 0 Å². The van der Waals surface area contributed by atoms with Gasteiger partial charge in [0.2, 0.25) is 6.79 Å². The van der Waals surface area contributed by atoms with Gasteiger partial charge in [0, 0.05) is 12.8 Å². The monoisotopic (exact) mass is 267 g/mol. The van der Waals surface area contributed by atoms with Gasteiger partial charge in [-0.2, -0.15) is 0 Å². The predicted octanol–water partition coefficient (Wildman–Crippen LogP) is -3.57. The van der Waals surface area contributed by atoms with Crippen molar-refractivity contribution in [3.63, 3.8) is 0 Å². The maximum absolute atomic E-state index is 11.0. The van der Waals surface area contributed by atoms with Crippen LogP contribution in [0, 0.1) is 0 Å². The Kier molecular flexibility index (Phi) is 12.2. The Hall–Kier alpha value is -1.14. The fourth-order valence-electron chi connectivity index (χ4n) is 0.876. The van der Waals surface area contributed by atoms with Gasteiger partial charge in [0.15, 0.2) is 5.78 Å². The lowest BCUT2D eigenvalue weighted by Gasteiger charge is -2.04. The van der Waals surface area contributed by atoms with Crippen molar-refractivity contribution in [1.29, 1.82) is 0 Å². The average molecular weight is 268 g/mol. The highest BCUT2D eigenvalue weighted by atomic mass is 35.5. The molecular weight excluding hydrogens is 250 g/mol. The van der Waals surface area contributed by atoms with Crippen LogP contribution in [0.2, 0.25) is 0 Å². The molecule has 6 nitrogen and oxygen atoms in total. The molecule has 0 radical (unpaired) electrons. The van der Waals surface area contributed by atoms with Gasteiger partial charge in [-0.05, 0) is 6.42 Å². The number of halogens is 1. The molecule has 0 aromatic carbocycles. The van der Waals surface area contributed by atoms with E-state index in [-0.39, 0.29) is 44.4 Å². The number of rotatable bonds is 8. The van der Waals surface area contributed by atoms with E-state index in [2.05, 4.69) is 15.2 Å². The first kappa shape index (κ1) is 18.2. The number of carbonyl (C=O) groups is 3. The standard InChI is InChI=1S/C10H17NO5.ClH/c1-2-3-9(13)15-7-16-10(14)5-4-8(12)6-11;/h2-7,11H2,1H3;1H. The predicted molar refractivity (Wildman–Crippen MR) is 54.0 cm³/mol. The first-order valence-corrected chi connectivity index (χ1v) is 5.22. The second-order valence-electron chi connectivity index (χ2n) is 3.19. The Morgan fingerprint density at radius 1 is 1.00 bits per heavy atom. The molecule has 0 aliphatic heterocycles. The highest BCUT2D eigenvalue weighted by Crippen LogP contribution is 1.95. The number of Topliss-reactive ketones (excluding diaryl/α,β-unsaturated/α-hetero) is 1. The van der Waals surface area contributed by atoms with E-state index < -0.39 is 11.9 Å². The summed E-state index contributed by atoms with van der Waals surface area (Å²) < 4.78 is 9.21. The Labute approximate surface area is 106 Å². The number of esters is 2. The van der Waals surface area contributed by atoms with E-state index in [1.54, 1.807) is 0 Å². The molecule has 3 N–H and O–H groups in total. The van der Waals surface area contributed by atoms with Gasteiger partial charge in [-0.1, -0.05) is 6.92 Å². The SMILES string of the molecule is CCCC(=O)OCOC(=O)CCC(=O)C[NH3+].[Cl-]. The van der Waals surface area contributed by atoms with Crippen LogP contribution in [0.25, 0.3) is 0 Å². The molecule has 0 saturated carbocycles. The van der Waals surface area contributed by atoms with Crippen LogP contribution in [0.15, 0.2) is 0 Å². The third-order valence-corrected chi connectivity index (χ3v) is 1.78. The van der Waals surface area contributed by atoms with Gasteiger partial charge < -0.3 is 27.6 Å². The van der Waals surface area contributed by atoms with Crippen molar-refractivity contribution in [1.82, 2.24) is 0 Å². The molecule has 0 aliphatic carbocycles. The maximum Gasteiger partial charge on any atom is 0.309 e. The normalized spacial score (nSPS) is 9.06. The molecule has 7 heteroatoms. The number of hydrogen-bond donors (Lipinski definition) is 1. The fraction of sp³-hybridized carbons (Fsp3) is 0.700. The smallest absolute Gasteiger partial charge is 0.309 e. The highest BCUT2D eigenvalue weighted by molar-refractivity contribution is 5.83. The van der Waals surface area contributed by atoms with Crippen LogP contribution < -0.4 is 18.1 Å². The molecule has 0 fully saturated rings. The van der Waals surface area contributed by atoms with Gasteiger partial charge in [0.1, 0.15) is 6.54 Å². The summed E-state index contributed by atoms with van der Waals surface area (Å²) in [5, 5.41) is 0. The number of hydrogen-bond acceptors (Lipinski definition) is 5. The van der Waals surface area contributed by atoms with E-state index in [9.17, 15) is 14.4 Å². The van der Waals surface area contributed by atoms with Gasteiger partial charge >= 0.3 is 11.9 Å². The van der Waals surface area contributed by atoms with Crippen molar-refractivity contribution in [2.45, 2.75) is 32.6 Å². The third kappa shape index (κ3) is 11.1. The van der Waals surface area contributed by atoms with Gasteiger partial charge in [-0.3, -0.25) is 14.4 Å². The first-order valence-electron chi connectivity index (χ1n) is 5.22. The van der Waals surface area contributed by atoms with Crippen LogP contribution >= 0.6 is 0 Å². The van der Waals surface area contributed by atoms with E-state index >= 15 is 0 Å². The lowest BCUT2D eigenvalue weighted by molar-refractivity contribution is -0.354. The second-order valence-corrected chi connectivity index (χ2v) is 3.19. The molecule has 0 spiro atoms. The molecule has 0 amide bonds. The lowest BCUT2D eigenvalue weighted by Crippen LogP contribution is -3.00. The first-order chi connectivity index (χ1) is 7.60. The fourth-order valence-corrected chi connectivity index (χ4v) is 0.876. The minimum atomic E-state index is -0.550. The largest absolute Gasteiger partial charge is 1.00 e. The Balaban J connectivity index is 0. The molecular formula is C10H18ClNO5. The van der Waals surface area contributed by atoms with E-state index in [1.807, 2.05) is 6.92 Å². The van der Waals surface area contributed by atoms with E-state index in [1.165, 1.54) is 0 Å². The van der Waals surface area contributed by atoms with Crippen LogP contribution in [0.1, 0.15) is 32.6 Å². The number of quaternary nitrogens is 1. The van der Waals surface area contributed by atoms with Crippen molar-refractivity contribution in [2.24, 2.45) is 0 Å². The van der Waals surface area contributed by atoms with Gasteiger partial charge in [0.25, 0.3) is 0 Å². The van der Waals surface area contributed by atoms with Crippen molar-refractivity contribution < 1.29 is 42.0 Å². The Morgan fingerprint density at radius 3 is 2.00 bits per heavy atom. The van der Waals surface area contributed by atoms with Crippen LogP contribution in [0.3, 0.4) is 0 Å². The molecule has 0 saturated heterocycles. The molecule has 0 aromatic heterocycles. The van der Waals surface area contributed by atoms with Crippen molar-refractivity contribution in [2.75, 3.05) is 13.3 Å². The van der Waals surface area contributed by atoms with Crippen LogP contribution in [0.5, 0.6) is 0 Å².